The molecule has 0 spiro atoms. The Bertz CT molecular complexity index is 247. The lowest BCUT2D eigenvalue weighted by Gasteiger charge is -2.33. The number of hydrogen-bond acceptors (Lipinski definition) is 4. The smallest absolute Gasteiger partial charge is 0.163 e. The lowest BCUT2D eigenvalue weighted by Crippen LogP contribution is -2.44. The van der Waals surface area contributed by atoms with E-state index in [1.54, 1.807) is 0 Å². The fraction of sp³-hybridized carbons (Fsp3) is 1.00. The van der Waals surface area contributed by atoms with Gasteiger partial charge in [0.15, 0.2) is 5.79 Å². The highest BCUT2D eigenvalue weighted by Crippen LogP contribution is 2.23. The minimum Gasteiger partial charge on any atom is -0.375 e. The lowest BCUT2D eigenvalue weighted by molar-refractivity contribution is -0.138. The minimum absolute atomic E-state index is 0.179. The van der Waals surface area contributed by atoms with Crippen molar-refractivity contribution >= 4 is 0 Å². The molecule has 2 aliphatic rings. The van der Waals surface area contributed by atoms with E-state index >= 15 is 0 Å². The van der Waals surface area contributed by atoms with Crippen LogP contribution in [0.15, 0.2) is 0 Å². The molecule has 17 heavy (non-hydrogen) atoms. The molecule has 2 fully saturated rings. The third kappa shape index (κ3) is 3.91. The van der Waals surface area contributed by atoms with Crippen LogP contribution in [0.2, 0.25) is 0 Å². The molecular weight excluding hydrogens is 218 g/mol. The first-order valence-electron chi connectivity index (χ1n) is 6.65. The molecule has 2 saturated heterocycles. The molecule has 3 atom stereocenters. The standard InChI is InChI=1S/C13H25NO3/c1-9-5-11(6-10(2)16-9)14-7-12-8-15-13(3,4)17-12/h9-12,14H,5-8H2,1-4H3. The SMILES string of the molecule is CC1CC(NCC2COC(C)(C)O2)CC(C)O1. The second-order valence-corrected chi connectivity index (χ2v) is 5.78. The summed E-state index contributed by atoms with van der Waals surface area (Å²) < 4.78 is 17.1. The van der Waals surface area contributed by atoms with Crippen molar-refractivity contribution in [1.29, 1.82) is 0 Å². The second kappa shape index (κ2) is 5.22. The summed E-state index contributed by atoms with van der Waals surface area (Å²) in [6.45, 7) is 9.77. The van der Waals surface area contributed by atoms with E-state index < -0.39 is 5.79 Å². The maximum absolute atomic E-state index is 5.78. The zero-order valence-electron chi connectivity index (χ0n) is 11.4. The third-order valence-corrected chi connectivity index (χ3v) is 3.40. The fourth-order valence-electron chi connectivity index (χ4n) is 2.73. The number of ether oxygens (including phenoxy) is 3. The van der Waals surface area contributed by atoms with Crippen LogP contribution in [0.1, 0.15) is 40.5 Å². The summed E-state index contributed by atoms with van der Waals surface area (Å²) in [5.41, 5.74) is 0. The topological polar surface area (TPSA) is 39.7 Å². The molecule has 4 nitrogen and oxygen atoms in total. The highest BCUT2D eigenvalue weighted by molar-refractivity contribution is 4.81. The highest BCUT2D eigenvalue weighted by atomic mass is 16.7. The van der Waals surface area contributed by atoms with Crippen LogP contribution in [0, 0.1) is 0 Å². The van der Waals surface area contributed by atoms with Crippen molar-refractivity contribution in [2.75, 3.05) is 13.2 Å². The van der Waals surface area contributed by atoms with Crippen LogP contribution in [0.25, 0.3) is 0 Å². The molecule has 2 heterocycles. The van der Waals surface area contributed by atoms with Gasteiger partial charge in [0.1, 0.15) is 0 Å². The normalized spacial score (nSPS) is 41.6. The summed E-state index contributed by atoms with van der Waals surface area (Å²) in [5.74, 6) is -0.414. The first-order chi connectivity index (χ1) is 7.94. The van der Waals surface area contributed by atoms with Gasteiger partial charge in [-0.05, 0) is 40.5 Å². The molecule has 0 saturated carbocycles. The first-order valence-corrected chi connectivity index (χ1v) is 6.65. The Kier molecular flexibility index (Phi) is 4.08. The summed E-state index contributed by atoms with van der Waals surface area (Å²) in [6.07, 6.45) is 3.06. The largest absolute Gasteiger partial charge is 0.375 e. The molecule has 2 aliphatic heterocycles. The van der Waals surface area contributed by atoms with Crippen molar-refractivity contribution in [2.24, 2.45) is 0 Å². The minimum atomic E-state index is -0.414. The van der Waals surface area contributed by atoms with Crippen LogP contribution in [-0.4, -0.2) is 43.3 Å². The van der Waals surface area contributed by atoms with Crippen LogP contribution in [0.3, 0.4) is 0 Å². The van der Waals surface area contributed by atoms with Crippen LogP contribution in [0.4, 0.5) is 0 Å². The van der Waals surface area contributed by atoms with Crippen LogP contribution < -0.4 is 5.32 Å². The van der Waals surface area contributed by atoms with E-state index in [9.17, 15) is 0 Å². The van der Waals surface area contributed by atoms with Crippen molar-refractivity contribution in [1.82, 2.24) is 5.32 Å². The van der Waals surface area contributed by atoms with Gasteiger partial charge in [-0.25, -0.2) is 0 Å². The maximum atomic E-state index is 5.78. The quantitative estimate of drug-likeness (QED) is 0.818. The Hall–Kier alpha value is -0.160. The van der Waals surface area contributed by atoms with E-state index in [0.29, 0.717) is 24.9 Å². The fourth-order valence-corrected chi connectivity index (χ4v) is 2.73. The molecule has 2 rings (SSSR count). The zero-order valence-corrected chi connectivity index (χ0v) is 11.4. The Labute approximate surface area is 104 Å². The molecule has 0 aromatic rings. The second-order valence-electron chi connectivity index (χ2n) is 5.78. The van der Waals surface area contributed by atoms with Crippen LogP contribution >= 0.6 is 0 Å². The Balaban J connectivity index is 1.71. The van der Waals surface area contributed by atoms with Crippen molar-refractivity contribution in [3.05, 3.63) is 0 Å². The summed E-state index contributed by atoms with van der Waals surface area (Å²) in [6, 6.07) is 0.543. The summed E-state index contributed by atoms with van der Waals surface area (Å²) in [7, 11) is 0. The molecule has 0 bridgehead atoms. The molecule has 1 N–H and O–H groups in total. The highest BCUT2D eigenvalue weighted by Gasteiger charge is 2.33. The van der Waals surface area contributed by atoms with Crippen molar-refractivity contribution < 1.29 is 14.2 Å². The van der Waals surface area contributed by atoms with Gasteiger partial charge in [-0.3, -0.25) is 0 Å². The Morgan fingerprint density at radius 3 is 2.35 bits per heavy atom. The van der Waals surface area contributed by atoms with Gasteiger partial charge in [0.25, 0.3) is 0 Å². The van der Waals surface area contributed by atoms with Crippen molar-refractivity contribution in [2.45, 2.75) is 70.7 Å². The van der Waals surface area contributed by atoms with Crippen LogP contribution in [-0.2, 0) is 14.2 Å². The van der Waals surface area contributed by atoms with Gasteiger partial charge in [-0.1, -0.05) is 0 Å². The zero-order chi connectivity index (χ0) is 12.5. The van der Waals surface area contributed by atoms with Gasteiger partial charge in [0, 0.05) is 12.6 Å². The molecular formula is C13H25NO3. The number of hydrogen-bond donors (Lipinski definition) is 1. The van der Waals surface area contributed by atoms with E-state index in [-0.39, 0.29) is 6.10 Å². The molecule has 4 heteroatoms. The van der Waals surface area contributed by atoms with E-state index in [1.807, 2.05) is 13.8 Å². The lowest BCUT2D eigenvalue weighted by atomic mass is 10.00. The van der Waals surface area contributed by atoms with Gasteiger partial charge in [0.05, 0.1) is 24.9 Å². The Morgan fingerprint density at radius 2 is 1.82 bits per heavy atom. The van der Waals surface area contributed by atoms with E-state index in [4.69, 9.17) is 14.2 Å². The predicted molar refractivity (Wildman–Crippen MR) is 65.9 cm³/mol. The number of rotatable bonds is 3. The molecule has 0 radical (unpaired) electrons. The predicted octanol–water partition coefficient (Wildman–Crippen LogP) is 1.68. The van der Waals surface area contributed by atoms with E-state index in [0.717, 1.165) is 19.4 Å². The van der Waals surface area contributed by atoms with Gasteiger partial charge in [0.2, 0.25) is 0 Å². The average Bonchev–Trinajstić information content (AvgIpc) is 2.54. The first kappa shape index (κ1) is 13.3. The van der Waals surface area contributed by atoms with E-state index in [2.05, 4.69) is 19.2 Å². The molecule has 100 valence electrons. The summed E-state index contributed by atoms with van der Waals surface area (Å²) >= 11 is 0. The van der Waals surface area contributed by atoms with Crippen molar-refractivity contribution in [3.8, 4) is 0 Å². The maximum Gasteiger partial charge on any atom is 0.163 e. The third-order valence-electron chi connectivity index (χ3n) is 3.40. The van der Waals surface area contributed by atoms with Gasteiger partial charge >= 0.3 is 0 Å². The Morgan fingerprint density at radius 1 is 1.18 bits per heavy atom. The summed E-state index contributed by atoms with van der Waals surface area (Å²) in [4.78, 5) is 0. The average molecular weight is 243 g/mol. The molecule has 3 unspecified atom stereocenters. The molecule has 0 aromatic carbocycles. The molecule has 0 aromatic heterocycles. The summed E-state index contributed by atoms with van der Waals surface area (Å²) in [5, 5.41) is 3.58. The van der Waals surface area contributed by atoms with Gasteiger partial charge in [-0.2, -0.15) is 0 Å². The molecule has 0 aliphatic carbocycles. The monoisotopic (exact) mass is 243 g/mol. The van der Waals surface area contributed by atoms with E-state index in [1.165, 1.54) is 0 Å². The van der Waals surface area contributed by atoms with Crippen LogP contribution in [0.5, 0.6) is 0 Å². The van der Waals surface area contributed by atoms with Crippen molar-refractivity contribution in [3.63, 3.8) is 0 Å². The van der Waals surface area contributed by atoms with Gasteiger partial charge < -0.3 is 19.5 Å². The number of nitrogens with one attached hydrogen (secondary N) is 1. The van der Waals surface area contributed by atoms with Gasteiger partial charge in [-0.15, -0.1) is 0 Å². The molecule has 0 amide bonds.